The van der Waals surface area contributed by atoms with E-state index < -0.39 is 0 Å². The molecule has 2 aromatic rings. The first kappa shape index (κ1) is 11.9. The van der Waals surface area contributed by atoms with Crippen molar-refractivity contribution in [1.29, 1.82) is 0 Å². The van der Waals surface area contributed by atoms with Gasteiger partial charge in [0.1, 0.15) is 11.4 Å². The lowest BCUT2D eigenvalue weighted by Crippen LogP contribution is -2.13. The number of H-pyrrole nitrogens is 1. The van der Waals surface area contributed by atoms with Crippen molar-refractivity contribution >= 4 is 22.9 Å². The van der Waals surface area contributed by atoms with Gasteiger partial charge in [-0.15, -0.1) is 0 Å². The summed E-state index contributed by atoms with van der Waals surface area (Å²) in [5, 5.41) is 0. The van der Waals surface area contributed by atoms with Gasteiger partial charge in [0.05, 0.1) is 24.2 Å². The van der Waals surface area contributed by atoms with Crippen molar-refractivity contribution in [2.75, 3.05) is 14.2 Å². The average Bonchev–Trinajstić information content (AvgIpc) is 2.90. The number of aromatic amines is 1. The lowest BCUT2D eigenvalue weighted by molar-refractivity contribution is 0.161. The summed E-state index contributed by atoms with van der Waals surface area (Å²) < 4.78 is 10.4. The maximum Gasteiger partial charge on any atom is 0.156 e. The van der Waals surface area contributed by atoms with Gasteiger partial charge in [-0.3, -0.25) is 4.99 Å². The second-order valence-corrected chi connectivity index (χ2v) is 4.35. The first-order valence-corrected chi connectivity index (χ1v) is 6.11. The third-order valence-electron chi connectivity index (χ3n) is 3.16. The summed E-state index contributed by atoms with van der Waals surface area (Å²) in [6.45, 7) is 0. The first-order chi connectivity index (χ1) is 9.30. The highest BCUT2D eigenvalue weighted by Crippen LogP contribution is 2.23. The number of methoxy groups -OCH3 is 2. The molecule has 0 saturated heterocycles. The van der Waals surface area contributed by atoms with Gasteiger partial charge in [0, 0.05) is 19.4 Å². The Morgan fingerprint density at radius 3 is 2.89 bits per heavy atom. The standard InChI is InChI=1S/C14H15N3O2/c1-18-9-3-5-11-13(7-9)17-14(16-11)12-6-4-10(19-2)8-15-12/h3,5-8,10H,4H2,1-2H3,(H,16,17). The molecule has 0 fully saturated rings. The van der Waals surface area contributed by atoms with Crippen molar-refractivity contribution in [3.8, 4) is 5.75 Å². The summed E-state index contributed by atoms with van der Waals surface area (Å²) in [6.07, 6.45) is 4.72. The Hall–Kier alpha value is -2.14. The summed E-state index contributed by atoms with van der Waals surface area (Å²) >= 11 is 0. The van der Waals surface area contributed by atoms with E-state index in [0.29, 0.717) is 0 Å². The molecule has 1 atom stereocenters. The van der Waals surface area contributed by atoms with Gasteiger partial charge in [-0.2, -0.15) is 0 Å². The number of nitrogens with zero attached hydrogens (tertiary/aromatic N) is 2. The van der Waals surface area contributed by atoms with E-state index >= 15 is 0 Å². The monoisotopic (exact) mass is 257 g/mol. The van der Waals surface area contributed by atoms with E-state index in [1.165, 1.54) is 0 Å². The van der Waals surface area contributed by atoms with Crippen LogP contribution in [-0.4, -0.2) is 36.5 Å². The third kappa shape index (κ3) is 2.24. The fourth-order valence-corrected chi connectivity index (χ4v) is 2.05. The molecule has 1 aromatic carbocycles. The minimum absolute atomic E-state index is 0.0632. The number of hydrogen-bond donors (Lipinski definition) is 1. The SMILES string of the molecule is COc1ccc2[nH]c(C3=CCC(OC)C=N3)nc2c1. The number of hydrogen-bond acceptors (Lipinski definition) is 4. The number of nitrogens with one attached hydrogen (secondary N) is 1. The minimum Gasteiger partial charge on any atom is -0.497 e. The lowest BCUT2D eigenvalue weighted by atomic mass is 10.2. The molecule has 5 heteroatoms. The molecule has 0 aliphatic carbocycles. The molecule has 2 heterocycles. The van der Waals surface area contributed by atoms with Crippen LogP contribution in [0.4, 0.5) is 0 Å². The number of fused-ring (bicyclic) bond motifs is 1. The van der Waals surface area contributed by atoms with Crippen LogP contribution in [0.25, 0.3) is 16.7 Å². The van der Waals surface area contributed by atoms with E-state index in [4.69, 9.17) is 9.47 Å². The molecular formula is C14H15N3O2. The Kier molecular flexibility index (Phi) is 3.05. The molecule has 0 radical (unpaired) electrons. The van der Waals surface area contributed by atoms with E-state index in [0.717, 1.165) is 34.7 Å². The highest BCUT2D eigenvalue weighted by Gasteiger charge is 2.13. The molecule has 0 amide bonds. The Labute approximate surface area is 111 Å². The van der Waals surface area contributed by atoms with Crippen LogP contribution in [0.2, 0.25) is 0 Å². The largest absolute Gasteiger partial charge is 0.497 e. The predicted octanol–water partition coefficient (Wildman–Crippen LogP) is 2.40. The van der Waals surface area contributed by atoms with Gasteiger partial charge in [-0.1, -0.05) is 6.08 Å². The van der Waals surface area contributed by atoms with Gasteiger partial charge in [-0.05, 0) is 18.6 Å². The molecule has 98 valence electrons. The van der Waals surface area contributed by atoms with Crippen LogP contribution in [0.5, 0.6) is 5.75 Å². The molecule has 1 aliphatic rings. The van der Waals surface area contributed by atoms with Gasteiger partial charge >= 0.3 is 0 Å². The zero-order valence-electron chi connectivity index (χ0n) is 10.9. The molecule has 0 bridgehead atoms. The summed E-state index contributed by atoms with van der Waals surface area (Å²) in [5.74, 6) is 1.57. The molecule has 0 spiro atoms. The number of benzene rings is 1. The van der Waals surface area contributed by atoms with Crippen LogP contribution in [0, 0.1) is 0 Å². The van der Waals surface area contributed by atoms with Crippen LogP contribution in [-0.2, 0) is 4.74 Å². The molecule has 19 heavy (non-hydrogen) atoms. The second kappa shape index (κ2) is 4.85. The highest BCUT2D eigenvalue weighted by molar-refractivity contribution is 5.83. The van der Waals surface area contributed by atoms with Gasteiger partial charge in [0.25, 0.3) is 0 Å². The van der Waals surface area contributed by atoms with Gasteiger partial charge in [-0.25, -0.2) is 4.98 Å². The summed E-state index contributed by atoms with van der Waals surface area (Å²) in [7, 11) is 3.33. The zero-order chi connectivity index (χ0) is 13.2. The van der Waals surface area contributed by atoms with Gasteiger partial charge < -0.3 is 14.5 Å². The molecular weight excluding hydrogens is 242 g/mol. The molecule has 1 aromatic heterocycles. The number of aromatic nitrogens is 2. The van der Waals surface area contributed by atoms with Gasteiger partial charge in [0.15, 0.2) is 5.82 Å². The lowest BCUT2D eigenvalue weighted by Gasteiger charge is -2.12. The van der Waals surface area contributed by atoms with Crippen molar-refractivity contribution in [1.82, 2.24) is 9.97 Å². The smallest absolute Gasteiger partial charge is 0.156 e. The Bertz CT molecular complexity index is 658. The molecule has 1 aliphatic heterocycles. The summed E-state index contributed by atoms with van der Waals surface area (Å²) in [4.78, 5) is 12.2. The summed E-state index contributed by atoms with van der Waals surface area (Å²) in [5.41, 5.74) is 2.70. The van der Waals surface area contributed by atoms with E-state index in [9.17, 15) is 0 Å². The van der Waals surface area contributed by atoms with E-state index in [2.05, 4.69) is 15.0 Å². The Morgan fingerprint density at radius 2 is 2.21 bits per heavy atom. The van der Waals surface area contributed by atoms with Crippen molar-refractivity contribution in [2.45, 2.75) is 12.5 Å². The second-order valence-electron chi connectivity index (χ2n) is 4.35. The molecule has 5 nitrogen and oxygen atoms in total. The fraction of sp³-hybridized carbons (Fsp3) is 0.286. The number of aliphatic imine (C=N–C) groups is 1. The van der Waals surface area contributed by atoms with Crippen LogP contribution in [0.3, 0.4) is 0 Å². The maximum atomic E-state index is 5.22. The Morgan fingerprint density at radius 1 is 1.32 bits per heavy atom. The quantitative estimate of drug-likeness (QED) is 0.918. The topological polar surface area (TPSA) is 59.5 Å². The maximum absolute atomic E-state index is 5.22. The van der Waals surface area contributed by atoms with E-state index in [1.807, 2.05) is 30.5 Å². The van der Waals surface area contributed by atoms with Crippen molar-refractivity contribution in [3.05, 3.63) is 30.1 Å². The Balaban J connectivity index is 1.94. The van der Waals surface area contributed by atoms with Crippen LogP contribution < -0.4 is 4.74 Å². The first-order valence-electron chi connectivity index (χ1n) is 6.11. The van der Waals surface area contributed by atoms with Crippen molar-refractivity contribution in [2.24, 2.45) is 4.99 Å². The number of ether oxygens (including phenoxy) is 2. The normalized spacial score (nSPS) is 18.6. The number of rotatable bonds is 3. The molecule has 1 unspecified atom stereocenters. The van der Waals surface area contributed by atoms with Crippen LogP contribution in [0.15, 0.2) is 29.3 Å². The highest BCUT2D eigenvalue weighted by atomic mass is 16.5. The third-order valence-corrected chi connectivity index (χ3v) is 3.16. The minimum atomic E-state index is 0.0632. The van der Waals surface area contributed by atoms with Crippen molar-refractivity contribution < 1.29 is 9.47 Å². The zero-order valence-corrected chi connectivity index (χ0v) is 10.9. The fourth-order valence-electron chi connectivity index (χ4n) is 2.05. The summed E-state index contributed by atoms with van der Waals surface area (Å²) in [6, 6.07) is 5.76. The molecule has 3 rings (SSSR count). The van der Waals surface area contributed by atoms with Crippen LogP contribution >= 0.6 is 0 Å². The van der Waals surface area contributed by atoms with Crippen LogP contribution in [0.1, 0.15) is 12.2 Å². The van der Waals surface area contributed by atoms with E-state index in [1.54, 1.807) is 14.2 Å². The average molecular weight is 257 g/mol. The van der Waals surface area contributed by atoms with Crippen molar-refractivity contribution in [3.63, 3.8) is 0 Å². The van der Waals surface area contributed by atoms with E-state index in [-0.39, 0.29) is 6.10 Å². The van der Waals surface area contributed by atoms with Gasteiger partial charge in [0.2, 0.25) is 0 Å². The molecule has 0 saturated carbocycles. The predicted molar refractivity (Wildman–Crippen MR) is 74.5 cm³/mol. The number of imidazole rings is 1. The molecule has 1 N–H and O–H groups in total.